The van der Waals surface area contributed by atoms with Crippen LogP contribution in [0.2, 0.25) is 0 Å². The third kappa shape index (κ3) is 4.34. The average Bonchev–Trinajstić information content (AvgIpc) is 2.39. The number of hydrogen-bond donors (Lipinski definition) is 0. The van der Waals surface area contributed by atoms with Gasteiger partial charge in [0.05, 0.1) is 13.2 Å². The van der Waals surface area contributed by atoms with Gasteiger partial charge in [-0.25, -0.2) is 0 Å². The topological polar surface area (TPSA) is 35.5 Å². The van der Waals surface area contributed by atoms with Crippen LogP contribution in [-0.2, 0) is 9.47 Å². The Balaban J connectivity index is 2.71. The molecule has 0 saturated heterocycles. The van der Waals surface area contributed by atoms with E-state index in [4.69, 9.17) is 9.47 Å². The molecule has 0 atom stereocenters. The molecule has 0 spiro atoms. The molecule has 1 aromatic carbocycles. The minimum atomic E-state index is -0.909. The molecule has 0 radical (unpaired) electrons. The summed E-state index contributed by atoms with van der Waals surface area (Å²) in [6, 6.07) is 8.89. The fraction of sp³-hybridized carbons (Fsp3) is 0.214. The number of carbonyl (C=O) groups is 1. The number of ether oxygens (including phenoxy) is 2. The molecule has 0 aromatic heterocycles. The molecule has 3 heteroatoms. The molecular weight excluding hydrogens is 216 g/mol. The van der Waals surface area contributed by atoms with Gasteiger partial charge in [-0.2, -0.15) is 0 Å². The second kappa shape index (κ2) is 7.54. The van der Waals surface area contributed by atoms with Gasteiger partial charge in [-0.1, -0.05) is 42.5 Å². The van der Waals surface area contributed by atoms with Crippen molar-refractivity contribution in [1.29, 1.82) is 0 Å². The average molecular weight is 232 g/mol. The SMILES string of the molecule is C=CCOC(OCC=C)C(=O)c1ccccc1. The Morgan fingerprint density at radius 3 is 2.12 bits per heavy atom. The van der Waals surface area contributed by atoms with Crippen molar-refractivity contribution in [2.45, 2.75) is 6.29 Å². The minimum Gasteiger partial charge on any atom is -0.342 e. The molecule has 0 amide bonds. The van der Waals surface area contributed by atoms with Crippen LogP contribution in [0.25, 0.3) is 0 Å². The molecule has 1 rings (SSSR count). The zero-order valence-corrected chi connectivity index (χ0v) is 9.67. The van der Waals surface area contributed by atoms with Crippen LogP contribution in [0.4, 0.5) is 0 Å². The first-order valence-electron chi connectivity index (χ1n) is 5.34. The van der Waals surface area contributed by atoms with Crippen LogP contribution in [0.5, 0.6) is 0 Å². The van der Waals surface area contributed by atoms with Gasteiger partial charge in [0.25, 0.3) is 0 Å². The van der Waals surface area contributed by atoms with Crippen molar-refractivity contribution in [2.75, 3.05) is 13.2 Å². The molecule has 3 nitrogen and oxygen atoms in total. The lowest BCUT2D eigenvalue weighted by molar-refractivity contribution is -0.0979. The quantitative estimate of drug-likeness (QED) is 0.392. The maximum Gasteiger partial charge on any atom is 0.223 e. The molecule has 0 bridgehead atoms. The molecule has 17 heavy (non-hydrogen) atoms. The lowest BCUT2D eigenvalue weighted by Crippen LogP contribution is -2.28. The zero-order valence-electron chi connectivity index (χ0n) is 9.67. The van der Waals surface area contributed by atoms with E-state index < -0.39 is 6.29 Å². The van der Waals surface area contributed by atoms with E-state index in [1.54, 1.807) is 36.4 Å². The molecule has 0 fully saturated rings. The van der Waals surface area contributed by atoms with E-state index >= 15 is 0 Å². The Morgan fingerprint density at radius 1 is 1.12 bits per heavy atom. The summed E-state index contributed by atoms with van der Waals surface area (Å²) in [7, 11) is 0. The molecule has 0 aliphatic heterocycles. The lowest BCUT2D eigenvalue weighted by Gasteiger charge is -2.15. The van der Waals surface area contributed by atoms with E-state index in [2.05, 4.69) is 13.2 Å². The zero-order chi connectivity index (χ0) is 12.5. The maximum absolute atomic E-state index is 12.0. The van der Waals surface area contributed by atoms with Crippen LogP contribution in [0.15, 0.2) is 55.6 Å². The first kappa shape index (κ1) is 13.4. The van der Waals surface area contributed by atoms with Gasteiger partial charge in [0.1, 0.15) is 0 Å². The lowest BCUT2D eigenvalue weighted by atomic mass is 10.1. The Bertz CT molecular complexity index is 358. The summed E-state index contributed by atoms with van der Waals surface area (Å²) in [5, 5.41) is 0. The number of benzene rings is 1. The van der Waals surface area contributed by atoms with Gasteiger partial charge >= 0.3 is 0 Å². The Hall–Kier alpha value is -1.71. The van der Waals surface area contributed by atoms with Gasteiger partial charge in [-0.15, -0.1) is 13.2 Å². The number of carbonyl (C=O) groups excluding carboxylic acids is 1. The minimum absolute atomic E-state index is 0.200. The van der Waals surface area contributed by atoms with Gasteiger partial charge < -0.3 is 9.47 Å². The number of Topliss-reactive ketones (excluding diaryl/α,β-unsaturated/α-hetero) is 1. The van der Waals surface area contributed by atoms with E-state index in [0.29, 0.717) is 5.56 Å². The maximum atomic E-state index is 12.0. The van der Waals surface area contributed by atoms with Crippen molar-refractivity contribution in [2.24, 2.45) is 0 Å². The number of ketones is 1. The smallest absolute Gasteiger partial charge is 0.223 e. The van der Waals surface area contributed by atoms with Crippen LogP contribution < -0.4 is 0 Å². The van der Waals surface area contributed by atoms with E-state index in [-0.39, 0.29) is 19.0 Å². The van der Waals surface area contributed by atoms with Crippen molar-refractivity contribution in [3.05, 3.63) is 61.2 Å². The highest BCUT2D eigenvalue weighted by Gasteiger charge is 2.20. The third-order valence-electron chi connectivity index (χ3n) is 2.00. The molecule has 0 aliphatic carbocycles. The second-order valence-electron chi connectivity index (χ2n) is 3.31. The first-order valence-corrected chi connectivity index (χ1v) is 5.34. The van der Waals surface area contributed by atoms with Crippen molar-refractivity contribution in [3.8, 4) is 0 Å². The second-order valence-corrected chi connectivity index (χ2v) is 3.31. The van der Waals surface area contributed by atoms with Gasteiger partial charge in [0, 0.05) is 5.56 Å². The number of rotatable bonds is 8. The summed E-state index contributed by atoms with van der Waals surface area (Å²) in [6.45, 7) is 7.59. The highest BCUT2D eigenvalue weighted by Crippen LogP contribution is 2.08. The highest BCUT2D eigenvalue weighted by molar-refractivity contribution is 5.98. The summed E-state index contributed by atoms with van der Waals surface area (Å²) < 4.78 is 10.5. The molecule has 0 N–H and O–H groups in total. The monoisotopic (exact) mass is 232 g/mol. The van der Waals surface area contributed by atoms with Crippen LogP contribution >= 0.6 is 0 Å². The third-order valence-corrected chi connectivity index (χ3v) is 2.00. The van der Waals surface area contributed by atoms with Gasteiger partial charge in [-0.3, -0.25) is 4.79 Å². The van der Waals surface area contributed by atoms with Crippen LogP contribution in [0.3, 0.4) is 0 Å². The van der Waals surface area contributed by atoms with E-state index in [1.165, 1.54) is 0 Å². The molecule has 0 heterocycles. The van der Waals surface area contributed by atoms with Gasteiger partial charge in [-0.05, 0) is 0 Å². The normalized spacial score (nSPS) is 10.2. The van der Waals surface area contributed by atoms with E-state index in [0.717, 1.165) is 0 Å². The van der Waals surface area contributed by atoms with Crippen molar-refractivity contribution in [1.82, 2.24) is 0 Å². The molecule has 0 unspecified atom stereocenters. The van der Waals surface area contributed by atoms with Gasteiger partial charge in [0.15, 0.2) is 0 Å². The Kier molecular flexibility index (Phi) is 5.93. The summed E-state index contributed by atoms with van der Waals surface area (Å²) >= 11 is 0. The van der Waals surface area contributed by atoms with Crippen LogP contribution in [0, 0.1) is 0 Å². The van der Waals surface area contributed by atoms with E-state index in [9.17, 15) is 4.79 Å². The van der Waals surface area contributed by atoms with Crippen molar-refractivity contribution < 1.29 is 14.3 Å². The summed E-state index contributed by atoms with van der Waals surface area (Å²) in [4.78, 5) is 12.0. The largest absolute Gasteiger partial charge is 0.342 e. The fourth-order valence-electron chi connectivity index (χ4n) is 1.25. The molecule has 0 saturated carbocycles. The molecule has 1 aromatic rings. The standard InChI is InChI=1S/C14H16O3/c1-3-10-16-14(17-11-4-2)13(15)12-8-6-5-7-9-12/h3-9,14H,1-2,10-11H2. The predicted octanol–water partition coefficient (Wildman–Crippen LogP) is 2.60. The first-order chi connectivity index (χ1) is 8.29. The van der Waals surface area contributed by atoms with Crippen molar-refractivity contribution in [3.63, 3.8) is 0 Å². The summed E-state index contributed by atoms with van der Waals surface area (Å²) in [5.74, 6) is -0.200. The van der Waals surface area contributed by atoms with Crippen LogP contribution in [-0.4, -0.2) is 25.3 Å². The molecule has 90 valence electrons. The summed E-state index contributed by atoms with van der Waals surface area (Å²) in [5.41, 5.74) is 0.561. The Morgan fingerprint density at radius 2 is 1.65 bits per heavy atom. The summed E-state index contributed by atoms with van der Waals surface area (Å²) in [6.07, 6.45) is 2.24. The fourth-order valence-corrected chi connectivity index (χ4v) is 1.25. The Labute approximate surface area is 101 Å². The molecular formula is C14H16O3. The van der Waals surface area contributed by atoms with E-state index in [1.807, 2.05) is 6.07 Å². The molecule has 0 aliphatic rings. The van der Waals surface area contributed by atoms with Crippen molar-refractivity contribution >= 4 is 5.78 Å². The predicted molar refractivity (Wildman–Crippen MR) is 66.9 cm³/mol. The van der Waals surface area contributed by atoms with Crippen LogP contribution in [0.1, 0.15) is 10.4 Å². The highest BCUT2D eigenvalue weighted by atomic mass is 16.7. The number of hydrogen-bond acceptors (Lipinski definition) is 3. The van der Waals surface area contributed by atoms with Gasteiger partial charge in [0.2, 0.25) is 12.1 Å².